The van der Waals surface area contributed by atoms with E-state index in [0.29, 0.717) is 31.2 Å². The van der Waals surface area contributed by atoms with Crippen molar-refractivity contribution >= 4 is 28.5 Å². The molecule has 3 aromatic rings. The van der Waals surface area contributed by atoms with Crippen molar-refractivity contribution in [2.45, 2.75) is 65.5 Å². The smallest absolute Gasteiger partial charge is 0.274 e. The van der Waals surface area contributed by atoms with Gasteiger partial charge in [-0.3, -0.25) is 19.7 Å². The predicted molar refractivity (Wildman–Crippen MR) is 172 cm³/mol. The number of anilines is 1. The number of carbonyl (C=O) groups is 2. The van der Waals surface area contributed by atoms with Crippen LogP contribution < -0.4 is 21.9 Å². The molecule has 2 aromatic heterocycles. The van der Waals surface area contributed by atoms with Crippen molar-refractivity contribution in [3.8, 4) is 0 Å². The van der Waals surface area contributed by atoms with Gasteiger partial charge in [0.25, 0.3) is 5.56 Å². The molecule has 12 nitrogen and oxygen atoms in total. The lowest BCUT2D eigenvalue weighted by Crippen LogP contribution is -2.42. The molecule has 1 fully saturated rings. The first-order valence-corrected chi connectivity index (χ1v) is 15.5. The molecule has 0 radical (unpaired) electrons. The number of allylic oxidation sites excluding steroid dienone is 1. The number of primary amides is 1. The molecule has 0 unspecified atom stereocenters. The van der Waals surface area contributed by atoms with Crippen LogP contribution in [0.2, 0.25) is 0 Å². The molecule has 244 valence electrons. The molecule has 1 aliphatic rings. The van der Waals surface area contributed by atoms with Crippen molar-refractivity contribution in [3.05, 3.63) is 70.4 Å². The number of aromatic nitrogens is 3. The number of amides is 2. The molecule has 1 aromatic carbocycles. The normalized spacial score (nSPS) is 15.1. The fourth-order valence-corrected chi connectivity index (χ4v) is 5.25. The highest BCUT2D eigenvalue weighted by Crippen LogP contribution is 2.25. The Morgan fingerprint density at radius 3 is 2.76 bits per heavy atom. The molecule has 5 N–H and O–H groups in total. The second-order valence-electron chi connectivity index (χ2n) is 12.6. The average molecular weight is 623 g/mol. The number of benzene rings is 1. The first-order chi connectivity index (χ1) is 21.6. The van der Waals surface area contributed by atoms with Gasteiger partial charge < -0.3 is 34.8 Å². The van der Waals surface area contributed by atoms with E-state index in [1.54, 1.807) is 24.4 Å². The van der Waals surface area contributed by atoms with Crippen LogP contribution in [0.1, 0.15) is 57.8 Å². The Labute approximate surface area is 263 Å². The molecule has 2 amide bonds. The van der Waals surface area contributed by atoms with Crippen LogP contribution in [0.3, 0.4) is 0 Å². The summed E-state index contributed by atoms with van der Waals surface area (Å²) in [5, 5.41) is 5.83. The quantitative estimate of drug-likeness (QED) is 0.107. The highest BCUT2D eigenvalue weighted by atomic mass is 16.7. The predicted octanol–water partition coefficient (Wildman–Crippen LogP) is 3.45. The number of hydrogen-bond acceptors (Lipinski definition) is 8. The minimum Gasteiger partial charge on any atom is -0.381 e. The Morgan fingerprint density at radius 2 is 2.00 bits per heavy atom. The van der Waals surface area contributed by atoms with Crippen LogP contribution in [0.15, 0.2) is 53.5 Å². The van der Waals surface area contributed by atoms with E-state index in [2.05, 4.69) is 42.5 Å². The Kier molecular flexibility index (Phi) is 12.5. The van der Waals surface area contributed by atoms with Gasteiger partial charge in [-0.15, -0.1) is 0 Å². The molecule has 3 heterocycles. The molecule has 0 aliphatic carbocycles. The number of aromatic amines is 1. The summed E-state index contributed by atoms with van der Waals surface area (Å²) in [5.74, 6) is 0.140. The van der Waals surface area contributed by atoms with Crippen molar-refractivity contribution in [1.29, 1.82) is 0 Å². The highest BCUT2D eigenvalue weighted by Gasteiger charge is 2.20. The van der Waals surface area contributed by atoms with Crippen LogP contribution in [-0.2, 0) is 36.8 Å². The van der Waals surface area contributed by atoms with Crippen LogP contribution in [-0.4, -0.2) is 65.7 Å². The number of ether oxygens (including phenoxy) is 3. The number of imidazole rings is 1. The largest absolute Gasteiger partial charge is 0.381 e. The zero-order valence-electron chi connectivity index (χ0n) is 26.5. The molecule has 1 aliphatic heterocycles. The fraction of sp³-hybridized carbons (Fsp3) is 0.515. The van der Waals surface area contributed by atoms with Gasteiger partial charge in [0.15, 0.2) is 0 Å². The van der Waals surface area contributed by atoms with E-state index < -0.39 is 17.9 Å². The number of para-hydroxylation sites is 1. The van der Waals surface area contributed by atoms with Crippen LogP contribution in [0.4, 0.5) is 5.69 Å². The number of nitrogens with zero attached hydrogens (tertiary/aromatic N) is 2. The summed E-state index contributed by atoms with van der Waals surface area (Å²) >= 11 is 0. The number of carbonyl (C=O) groups excluding carboxylic acids is 2. The van der Waals surface area contributed by atoms with Gasteiger partial charge in [0, 0.05) is 19.4 Å². The molecule has 0 spiro atoms. The minimum absolute atomic E-state index is 0.0632. The van der Waals surface area contributed by atoms with E-state index in [4.69, 9.17) is 24.9 Å². The summed E-state index contributed by atoms with van der Waals surface area (Å²) in [6, 6.07) is 8.64. The number of rotatable bonds is 16. The van der Waals surface area contributed by atoms with Gasteiger partial charge in [-0.2, -0.15) is 0 Å². The van der Waals surface area contributed by atoms with Gasteiger partial charge >= 0.3 is 0 Å². The SMILES string of the molecule is CC(C)(C)Cc1cccc2[nH]c(Cn3cccc(NC(=O)[C@H](CC/C=C/C(N)=O)NCOCOCC4CCOCC4)c3=O)nc12. The van der Waals surface area contributed by atoms with E-state index in [1.807, 2.05) is 12.1 Å². The molecule has 12 heteroatoms. The number of hydrogen-bond donors (Lipinski definition) is 4. The van der Waals surface area contributed by atoms with Crippen molar-refractivity contribution in [1.82, 2.24) is 19.9 Å². The fourth-order valence-electron chi connectivity index (χ4n) is 5.25. The average Bonchev–Trinajstić information content (AvgIpc) is 3.41. The monoisotopic (exact) mass is 622 g/mol. The minimum atomic E-state index is -0.706. The van der Waals surface area contributed by atoms with Crippen LogP contribution in [0.25, 0.3) is 11.0 Å². The number of H-pyrrole nitrogens is 1. The number of pyridine rings is 1. The zero-order chi connectivity index (χ0) is 32.2. The van der Waals surface area contributed by atoms with Crippen LogP contribution in [0.5, 0.6) is 0 Å². The van der Waals surface area contributed by atoms with Crippen molar-refractivity contribution in [3.63, 3.8) is 0 Å². The first-order valence-electron chi connectivity index (χ1n) is 15.5. The molecular weight excluding hydrogens is 576 g/mol. The second kappa shape index (κ2) is 16.5. The lowest BCUT2D eigenvalue weighted by Gasteiger charge is -2.22. The molecular formula is C33H46N6O6. The van der Waals surface area contributed by atoms with E-state index in [-0.39, 0.29) is 36.7 Å². The van der Waals surface area contributed by atoms with Gasteiger partial charge in [0.05, 0.1) is 37.0 Å². The van der Waals surface area contributed by atoms with E-state index in [9.17, 15) is 14.4 Å². The summed E-state index contributed by atoms with van der Waals surface area (Å²) in [6.07, 6.45) is 8.11. The Morgan fingerprint density at radius 1 is 1.20 bits per heavy atom. The third-order valence-corrected chi connectivity index (χ3v) is 7.48. The molecule has 0 bridgehead atoms. The van der Waals surface area contributed by atoms with E-state index in [0.717, 1.165) is 49.1 Å². The summed E-state index contributed by atoms with van der Waals surface area (Å²) in [4.78, 5) is 45.9. The summed E-state index contributed by atoms with van der Waals surface area (Å²) in [6.45, 7) is 9.03. The number of nitrogens with one attached hydrogen (secondary N) is 3. The van der Waals surface area contributed by atoms with E-state index in [1.165, 1.54) is 10.6 Å². The summed E-state index contributed by atoms with van der Waals surface area (Å²) in [7, 11) is 0. The van der Waals surface area contributed by atoms with Gasteiger partial charge in [-0.1, -0.05) is 39.0 Å². The molecule has 4 rings (SSSR count). The highest BCUT2D eigenvalue weighted by molar-refractivity contribution is 5.94. The van der Waals surface area contributed by atoms with Crippen LogP contribution >= 0.6 is 0 Å². The van der Waals surface area contributed by atoms with Crippen molar-refractivity contribution in [2.75, 3.05) is 38.7 Å². The standard InChI is InChI=1S/C33H46N6O6/c1-33(2,3)18-24-8-6-10-25-30(24)38-29(36-25)19-39-15-7-11-27(32(39)42)37-31(41)26(9-4-5-12-28(34)40)35-21-45-22-44-20-23-13-16-43-17-14-23/h5-8,10-12,15,23,26,35H,4,9,13-14,16-22H2,1-3H3,(H2,34,40)(H,36,38)(H,37,41)/b12-5+/t26-/m0/s1. The van der Waals surface area contributed by atoms with Gasteiger partial charge in [-0.05, 0) is 73.3 Å². The summed E-state index contributed by atoms with van der Waals surface area (Å²) < 4.78 is 18.1. The third kappa shape index (κ3) is 10.9. The number of nitrogens with two attached hydrogens (primary N) is 1. The van der Waals surface area contributed by atoms with Crippen molar-refractivity contribution < 1.29 is 23.8 Å². The lowest BCUT2D eigenvalue weighted by molar-refractivity contribution is -0.120. The number of fused-ring (bicyclic) bond motifs is 1. The Hall–Kier alpha value is -3.84. The topological polar surface area (TPSA) is 163 Å². The molecule has 45 heavy (non-hydrogen) atoms. The van der Waals surface area contributed by atoms with Gasteiger partial charge in [-0.25, -0.2) is 4.98 Å². The van der Waals surface area contributed by atoms with Crippen LogP contribution in [0, 0.1) is 11.3 Å². The lowest BCUT2D eigenvalue weighted by atomic mass is 9.88. The maximum Gasteiger partial charge on any atom is 0.274 e. The van der Waals surface area contributed by atoms with Crippen molar-refractivity contribution in [2.24, 2.45) is 17.1 Å². The zero-order valence-corrected chi connectivity index (χ0v) is 26.5. The summed E-state index contributed by atoms with van der Waals surface area (Å²) in [5.41, 5.74) is 8.04. The first kappa shape index (κ1) is 34.0. The molecule has 1 atom stereocenters. The van der Waals surface area contributed by atoms with Gasteiger partial charge in [0.1, 0.15) is 18.3 Å². The Bertz CT molecular complexity index is 1500. The van der Waals surface area contributed by atoms with Gasteiger partial charge in [0.2, 0.25) is 11.8 Å². The maximum atomic E-state index is 13.4. The maximum absolute atomic E-state index is 13.4. The molecule has 1 saturated heterocycles. The second-order valence-corrected chi connectivity index (χ2v) is 12.6. The Balaban J connectivity index is 1.37. The van der Waals surface area contributed by atoms with E-state index >= 15 is 0 Å². The molecule has 0 saturated carbocycles. The third-order valence-electron chi connectivity index (χ3n) is 7.48.